The number of carbonyl (C=O) groups excluding carboxylic acids is 1. The van der Waals surface area contributed by atoms with E-state index in [1.807, 2.05) is 0 Å². The highest BCUT2D eigenvalue weighted by Crippen LogP contribution is 2.38. The van der Waals surface area contributed by atoms with Crippen LogP contribution in [0.15, 0.2) is 27.4 Å². The average Bonchev–Trinajstić information content (AvgIpc) is 2.87. The van der Waals surface area contributed by atoms with E-state index in [0.29, 0.717) is 22.7 Å². The van der Waals surface area contributed by atoms with Crippen molar-refractivity contribution in [3.05, 3.63) is 28.7 Å². The quantitative estimate of drug-likeness (QED) is 0.827. The number of amides is 1. The van der Waals surface area contributed by atoms with Gasteiger partial charge in [-0.05, 0) is 30.5 Å². The number of hydrogen-bond donors (Lipinski definition) is 2. The summed E-state index contributed by atoms with van der Waals surface area (Å²) in [5.74, 6) is 0.170. The van der Waals surface area contributed by atoms with Crippen LogP contribution in [-0.2, 0) is 4.79 Å². The van der Waals surface area contributed by atoms with E-state index in [1.165, 1.54) is 0 Å². The average molecular weight is 232 g/mol. The fourth-order valence-electron chi connectivity index (χ4n) is 1.95. The number of aromatic nitrogens is 1. The number of H-pyrrole nitrogens is 1. The van der Waals surface area contributed by atoms with Gasteiger partial charge in [0, 0.05) is 11.6 Å². The van der Waals surface area contributed by atoms with Gasteiger partial charge in [-0.15, -0.1) is 0 Å². The SMILES string of the molecule is CC1CC1C(=O)Nc1ccc2oc(=O)[nH]c2c1. The number of carbonyl (C=O) groups is 1. The predicted molar refractivity (Wildman–Crippen MR) is 62.7 cm³/mol. The zero-order valence-electron chi connectivity index (χ0n) is 9.32. The van der Waals surface area contributed by atoms with Gasteiger partial charge in [0.15, 0.2) is 5.58 Å². The molecule has 1 aromatic carbocycles. The van der Waals surface area contributed by atoms with Gasteiger partial charge in [0.05, 0.1) is 5.52 Å². The zero-order chi connectivity index (χ0) is 12.0. The van der Waals surface area contributed by atoms with Crippen LogP contribution in [0.25, 0.3) is 11.1 Å². The largest absolute Gasteiger partial charge is 0.417 e. The van der Waals surface area contributed by atoms with Crippen LogP contribution in [0.4, 0.5) is 5.69 Å². The van der Waals surface area contributed by atoms with E-state index in [4.69, 9.17) is 4.42 Å². The zero-order valence-corrected chi connectivity index (χ0v) is 9.32. The predicted octanol–water partition coefficient (Wildman–Crippen LogP) is 1.72. The van der Waals surface area contributed by atoms with Crippen molar-refractivity contribution < 1.29 is 9.21 Å². The lowest BCUT2D eigenvalue weighted by Gasteiger charge is -2.03. The van der Waals surface area contributed by atoms with Crippen LogP contribution in [0, 0.1) is 11.8 Å². The van der Waals surface area contributed by atoms with Gasteiger partial charge in [-0.25, -0.2) is 4.79 Å². The molecular formula is C12H12N2O3. The third kappa shape index (κ3) is 1.84. The molecule has 0 spiro atoms. The van der Waals surface area contributed by atoms with Crippen molar-refractivity contribution in [2.45, 2.75) is 13.3 Å². The molecule has 5 heteroatoms. The summed E-state index contributed by atoms with van der Waals surface area (Å²) >= 11 is 0. The van der Waals surface area contributed by atoms with Crippen LogP contribution in [0.1, 0.15) is 13.3 Å². The molecule has 1 aliphatic carbocycles. The van der Waals surface area contributed by atoms with Gasteiger partial charge in [-0.2, -0.15) is 0 Å². The second-order valence-electron chi connectivity index (χ2n) is 4.53. The van der Waals surface area contributed by atoms with Gasteiger partial charge in [0.2, 0.25) is 5.91 Å². The van der Waals surface area contributed by atoms with E-state index in [1.54, 1.807) is 18.2 Å². The minimum Gasteiger partial charge on any atom is -0.408 e. The Balaban J connectivity index is 1.85. The lowest BCUT2D eigenvalue weighted by Crippen LogP contribution is -2.14. The van der Waals surface area contributed by atoms with Gasteiger partial charge in [0.1, 0.15) is 0 Å². The number of nitrogens with one attached hydrogen (secondary N) is 2. The molecule has 1 aromatic heterocycles. The number of benzene rings is 1. The highest BCUT2D eigenvalue weighted by atomic mass is 16.4. The second-order valence-corrected chi connectivity index (χ2v) is 4.53. The summed E-state index contributed by atoms with van der Waals surface area (Å²) in [4.78, 5) is 25.2. The molecule has 88 valence electrons. The first-order chi connectivity index (χ1) is 8.13. The monoisotopic (exact) mass is 232 g/mol. The molecule has 1 heterocycles. The molecule has 0 radical (unpaired) electrons. The van der Waals surface area contributed by atoms with Crippen molar-refractivity contribution in [3.8, 4) is 0 Å². The minimum absolute atomic E-state index is 0.0442. The Bertz CT molecular complexity index is 640. The molecule has 1 saturated carbocycles. The maximum absolute atomic E-state index is 11.7. The van der Waals surface area contributed by atoms with Gasteiger partial charge in [-0.3, -0.25) is 9.78 Å². The Morgan fingerprint density at radius 1 is 1.53 bits per heavy atom. The molecule has 1 aliphatic rings. The van der Waals surface area contributed by atoms with E-state index in [9.17, 15) is 9.59 Å². The molecule has 17 heavy (non-hydrogen) atoms. The molecule has 2 aromatic rings. The number of hydrogen-bond acceptors (Lipinski definition) is 3. The number of anilines is 1. The first-order valence-electron chi connectivity index (χ1n) is 5.57. The van der Waals surface area contributed by atoms with Crippen LogP contribution >= 0.6 is 0 Å². The topological polar surface area (TPSA) is 75.1 Å². The summed E-state index contributed by atoms with van der Waals surface area (Å²) in [5, 5.41) is 2.83. The number of rotatable bonds is 2. The number of fused-ring (bicyclic) bond motifs is 1. The van der Waals surface area contributed by atoms with E-state index in [-0.39, 0.29) is 11.8 Å². The summed E-state index contributed by atoms with van der Waals surface area (Å²) in [6.07, 6.45) is 0.955. The summed E-state index contributed by atoms with van der Waals surface area (Å²) in [7, 11) is 0. The maximum atomic E-state index is 11.7. The first kappa shape index (κ1) is 10.1. The van der Waals surface area contributed by atoms with Crippen molar-refractivity contribution in [1.82, 2.24) is 4.98 Å². The number of oxazole rings is 1. The van der Waals surface area contributed by atoms with E-state index in [2.05, 4.69) is 17.2 Å². The lowest BCUT2D eigenvalue weighted by atomic mass is 10.2. The lowest BCUT2D eigenvalue weighted by molar-refractivity contribution is -0.117. The minimum atomic E-state index is -0.487. The van der Waals surface area contributed by atoms with Crippen LogP contribution in [0.3, 0.4) is 0 Å². The van der Waals surface area contributed by atoms with Crippen LogP contribution in [0.2, 0.25) is 0 Å². The fourth-order valence-corrected chi connectivity index (χ4v) is 1.95. The molecule has 0 saturated heterocycles. The van der Waals surface area contributed by atoms with Crippen LogP contribution in [-0.4, -0.2) is 10.9 Å². The van der Waals surface area contributed by atoms with Crippen molar-refractivity contribution in [1.29, 1.82) is 0 Å². The summed E-state index contributed by atoms with van der Waals surface area (Å²) in [6, 6.07) is 5.09. The van der Waals surface area contributed by atoms with Crippen molar-refractivity contribution in [2.24, 2.45) is 11.8 Å². The normalized spacial score (nSPS) is 22.6. The molecule has 2 atom stereocenters. The van der Waals surface area contributed by atoms with Gasteiger partial charge >= 0.3 is 5.76 Å². The molecule has 0 aliphatic heterocycles. The van der Waals surface area contributed by atoms with Crippen molar-refractivity contribution >= 4 is 22.7 Å². The Morgan fingerprint density at radius 2 is 2.29 bits per heavy atom. The number of aromatic amines is 1. The molecule has 3 rings (SSSR count). The summed E-state index contributed by atoms with van der Waals surface area (Å²) in [5.41, 5.74) is 1.77. The molecule has 2 N–H and O–H groups in total. The van der Waals surface area contributed by atoms with E-state index >= 15 is 0 Å². The standard InChI is InChI=1S/C12H12N2O3/c1-6-4-8(6)11(15)13-7-2-3-10-9(5-7)14-12(16)17-10/h2-3,5-6,8H,4H2,1H3,(H,13,15)(H,14,16). The van der Waals surface area contributed by atoms with Crippen molar-refractivity contribution in [2.75, 3.05) is 5.32 Å². The Labute approximate surface area is 96.8 Å². The highest BCUT2D eigenvalue weighted by Gasteiger charge is 2.39. The maximum Gasteiger partial charge on any atom is 0.417 e. The third-order valence-corrected chi connectivity index (χ3v) is 3.13. The molecule has 1 fully saturated rings. The molecular weight excluding hydrogens is 220 g/mol. The fraction of sp³-hybridized carbons (Fsp3) is 0.333. The Hall–Kier alpha value is -2.04. The second kappa shape index (κ2) is 3.48. The van der Waals surface area contributed by atoms with E-state index in [0.717, 1.165) is 6.42 Å². The summed E-state index contributed by atoms with van der Waals surface area (Å²) < 4.78 is 4.88. The highest BCUT2D eigenvalue weighted by molar-refractivity contribution is 5.95. The molecule has 5 nitrogen and oxygen atoms in total. The third-order valence-electron chi connectivity index (χ3n) is 3.13. The molecule has 1 amide bonds. The Kier molecular flexibility index (Phi) is 2.07. The Morgan fingerprint density at radius 3 is 3.00 bits per heavy atom. The molecule has 2 unspecified atom stereocenters. The smallest absolute Gasteiger partial charge is 0.408 e. The van der Waals surface area contributed by atoms with Gasteiger partial charge < -0.3 is 9.73 Å². The van der Waals surface area contributed by atoms with Crippen LogP contribution in [0.5, 0.6) is 0 Å². The molecule has 0 bridgehead atoms. The van der Waals surface area contributed by atoms with Gasteiger partial charge in [0.25, 0.3) is 0 Å². The van der Waals surface area contributed by atoms with Crippen LogP contribution < -0.4 is 11.1 Å². The van der Waals surface area contributed by atoms with Crippen molar-refractivity contribution in [3.63, 3.8) is 0 Å². The first-order valence-corrected chi connectivity index (χ1v) is 5.57. The summed E-state index contributed by atoms with van der Waals surface area (Å²) in [6.45, 7) is 2.06. The van der Waals surface area contributed by atoms with E-state index < -0.39 is 5.76 Å². The van der Waals surface area contributed by atoms with Gasteiger partial charge in [-0.1, -0.05) is 6.92 Å².